The second kappa shape index (κ2) is 7.03. The summed E-state index contributed by atoms with van der Waals surface area (Å²) in [7, 11) is 0. The third kappa shape index (κ3) is 3.66. The Kier molecular flexibility index (Phi) is 4.85. The van der Waals surface area contributed by atoms with Crippen LogP contribution in [0.2, 0.25) is 10.0 Å². The lowest BCUT2D eigenvalue weighted by Gasteiger charge is -2.09. The Morgan fingerprint density at radius 2 is 1.52 bits per heavy atom. The van der Waals surface area contributed by atoms with E-state index in [1.165, 1.54) is 0 Å². The second-order valence-electron chi connectivity index (χ2n) is 5.18. The Labute approximate surface area is 144 Å². The molecule has 0 aliphatic rings. The Balaban J connectivity index is 1.72. The molecule has 0 radical (unpaired) electrons. The minimum Gasteiger partial charge on any atom is -0.460 e. The molecule has 0 spiro atoms. The van der Waals surface area contributed by atoms with Crippen molar-refractivity contribution >= 4 is 39.9 Å². The van der Waals surface area contributed by atoms with Crippen molar-refractivity contribution in [1.82, 2.24) is 0 Å². The quantitative estimate of drug-likeness (QED) is 0.589. The van der Waals surface area contributed by atoms with Crippen LogP contribution in [0.3, 0.4) is 0 Å². The van der Waals surface area contributed by atoms with Crippen LogP contribution in [-0.2, 0) is 22.6 Å². The predicted octanol–water partition coefficient (Wildman–Crippen LogP) is 5.43. The van der Waals surface area contributed by atoms with Crippen molar-refractivity contribution in [2.45, 2.75) is 13.0 Å². The van der Waals surface area contributed by atoms with E-state index in [9.17, 15) is 4.79 Å². The number of carbonyl (C=O) groups is 1. The normalized spacial score (nSPS) is 10.7. The van der Waals surface area contributed by atoms with Gasteiger partial charge in [-0.2, -0.15) is 0 Å². The number of fused-ring (bicyclic) bond motifs is 1. The van der Waals surface area contributed by atoms with Crippen molar-refractivity contribution in [3.63, 3.8) is 0 Å². The number of halogens is 2. The first-order chi connectivity index (χ1) is 11.1. The fraction of sp³-hybridized carbons (Fsp3) is 0.105. The topological polar surface area (TPSA) is 26.3 Å². The molecule has 0 amide bonds. The first-order valence-corrected chi connectivity index (χ1v) is 7.96. The molecule has 0 saturated heterocycles. The summed E-state index contributed by atoms with van der Waals surface area (Å²) in [4.78, 5) is 12.1. The van der Waals surface area contributed by atoms with Crippen molar-refractivity contribution in [3.05, 3.63) is 81.8 Å². The Bertz CT molecular complexity index is 833. The van der Waals surface area contributed by atoms with E-state index in [4.69, 9.17) is 27.9 Å². The van der Waals surface area contributed by atoms with Crippen LogP contribution in [0.15, 0.2) is 60.7 Å². The fourth-order valence-corrected chi connectivity index (χ4v) is 2.98. The summed E-state index contributed by atoms with van der Waals surface area (Å²) in [6.45, 7) is 0.0715. The summed E-state index contributed by atoms with van der Waals surface area (Å²) in [6.07, 6.45) is 0.212. The molecule has 0 atom stereocenters. The summed E-state index contributed by atoms with van der Waals surface area (Å²) in [6, 6.07) is 19.1. The lowest BCUT2D eigenvalue weighted by molar-refractivity contribution is -0.144. The summed E-state index contributed by atoms with van der Waals surface area (Å²) < 4.78 is 5.33. The molecule has 0 N–H and O–H groups in total. The van der Waals surface area contributed by atoms with E-state index in [1.54, 1.807) is 18.2 Å². The van der Waals surface area contributed by atoms with E-state index in [1.807, 2.05) is 42.5 Å². The van der Waals surface area contributed by atoms with Crippen LogP contribution in [-0.4, -0.2) is 5.97 Å². The van der Waals surface area contributed by atoms with Gasteiger partial charge in [-0.1, -0.05) is 71.7 Å². The van der Waals surface area contributed by atoms with Crippen LogP contribution < -0.4 is 0 Å². The molecule has 0 saturated carbocycles. The third-order valence-electron chi connectivity index (χ3n) is 3.65. The average molecular weight is 345 g/mol. The third-order valence-corrected chi connectivity index (χ3v) is 4.36. The maximum absolute atomic E-state index is 12.1. The van der Waals surface area contributed by atoms with Crippen LogP contribution in [0.5, 0.6) is 0 Å². The van der Waals surface area contributed by atoms with Gasteiger partial charge in [-0.15, -0.1) is 0 Å². The van der Waals surface area contributed by atoms with Gasteiger partial charge in [-0.05, 0) is 28.5 Å². The largest absolute Gasteiger partial charge is 0.460 e. The van der Waals surface area contributed by atoms with E-state index >= 15 is 0 Å². The molecule has 0 unspecified atom stereocenters. The number of hydrogen-bond donors (Lipinski definition) is 0. The number of ether oxygens (including phenoxy) is 1. The summed E-state index contributed by atoms with van der Waals surface area (Å²) >= 11 is 12.2. The molecule has 3 aromatic carbocycles. The minimum absolute atomic E-state index is 0.0715. The molecule has 0 aromatic heterocycles. The van der Waals surface area contributed by atoms with Crippen molar-refractivity contribution in [2.75, 3.05) is 0 Å². The molecule has 0 heterocycles. The maximum Gasteiger partial charge on any atom is 0.310 e. The van der Waals surface area contributed by atoms with E-state index in [0.29, 0.717) is 15.6 Å². The molecule has 3 aromatic rings. The highest BCUT2D eigenvalue weighted by molar-refractivity contribution is 6.35. The highest BCUT2D eigenvalue weighted by atomic mass is 35.5. The minimum atomic E-state index is -0.308. The molecular formula is C19H14Cl2O2. The maximum atomic E-state index is 12.1. The second-order valence-corrected chi connectivity index (χ2v) is 5.99. The summed E-state index contributed by atoms with van der Waals surface area (Å²) in [5, 5.41) is 3.15. The molecular weight excluding hydrogens is 331 g/mol. The number of benzene rings is 3. The van der Waals surface area contributed by atoms with Gasteiger partial charge in [0.2, 0.25) is 0 Å². The lowest BCUT2D eigenvalue weighted by Crippen LogP contribution is -2.08. The standard InChI is InChI=1S/C19H14Cl2O2/c20-17-9-4-10-18(21)16(17)12-23-19(22)11-14-7-3-6-13-5-1-2-8-15(13)14/h1-10H,11-12H2. The monoisotopic (exact) mass is 344 g/mol. The molecule has 0 aliphatic heterocycles. The molecule has 2 nitrogen and oxygen atoms in total. The first-order valence-electron chi connectivity index (χ1n) is 7.20. The number of hydrogen-bond acceptors (Lipinski definition) is 2. The molecule has 0 aliphatic carbocycles. The average Bonchev–Trinajstić information content (AvgIpc) is 2.55. The Morgan fingerprint density at radius 3 is 2.30 bits per heavy atom. The molecule has 0 fully saturated rings. The van der Waals surface area contributed by atoms with Crippen molar-refractivity contribution in [3.8, 4) is 0 Å². The van der Waals surface area contributed by atoms with Crippen LogP contribution in [0, 0.1) is 0 Å². The van der Waals surface area contributed by atoms with E-state index in [2.05, 4.69) is 0 Å². The van der Waals surface area contributed by atoms with Gasteiger partial charge >= 0.3 is 5.97 Å². The van der Waals surface area contributed by atoms with Gasteiger partial charge in [0.05, 0.1) is 6.42 Å². The van der Waals surface area contributed by atoms with Crippen molar-refractivity contribution < 1.29 is 9.53 Å². The number of rotatable bonds is 4. The van der Waals surface area contributed by atoms with E-state index in [0.717, 1.165) is 16.3 Å². The molecule has 23 heavy (non-hydrogen) atoms. The fourth-order valence-electron chi connectivity index (χ4n) is 2.48. The molecule has 3 rings (SSSR count). The van der Waals surface area contributed by atoms with Crippen LogP contribution >= 0.6 is 23.2 Å². The molecule has 116 valence electrons. The highest BCUT2D eigenvalue weighted by Crippen LogP contribution is 2.25. The number of carbonyl (C=O) groups excluding carboxylic acids is 1. The van der Waals surface area contributed by atoms with Crippen LogP contribution in [0.25, 0.3) is 10.8 Å². The molecule has 4 heteroatoms. The SMILES string of the molecule is O=C(Cc1cccc2ccccc12)OCc1c(Cl)cccc1Cl. The summed E-state index contributed by atoms with van der Waals surface area (Å²) in [5.74, 6) is -0.308. The van der Waals surface area contributed by atoms with Crippen LogP contribution in [0.4, 0.5) is 0 Å². The van der Waals surface area contributed by atoms with Crippen molar-refractivity contribution in [1.29, 1.82) is 0 Å². The smallest absolute Gasteiger partial charge is 0.310 e. The zero-order valence-corrected chi connectivity index (χ0v) is 13.8. The molecule has 0 bridgehead atoms. The van der Waals surface area contributed by atoms with Gasteiger partial charge in [-0.25, -0.2) is 0 Å². The Morgan fingerprint density at radius 1 is 0.870 bits per heavy atom. The van der Waals surface area contributed by atoms with Gasteiger partial charge in [0.15, 0.2) is 0 Å². The zero-order valence-electron chi connectivity index (χ0n) is 12.3. The van der Waals surface area contributed by atoms with Gasteiger partial charge < -0.3 is 4.74 Å². The first kappa shape index (κ1) is 15.9. The number of esters is 1. The predicted molar refractivity (Wildman–Crippen MR) is 93.9 cm³/mol. The van der Waals surface area contributed by atoms with Gasteiger partial charge in [0, 0.05) is 15.6 Å². The van der Waals surface area contributed by atoms with Gasteiger partial charge in [-0.3, -0.25) is 4.79 Å². The summed E-state index contributed by atoms with van der Waals surface area (Å²) in [5.41, 5.74) is 1.57. The van der Waals surface area contributed by atoms with E-state index < -0.39 is 0 Å². The van der Waals surface area contributed by atoms with Gasteiger partial charge in [0.25, 0.3) is 0 Å². The van der Waals surface area contributed by atoms with Gasteiger partial charge in [0.1, 0.15) is 6.61 Å². The lowest BCUT2D eigenvalue weighted by atomic mass is 10.0. The highest BCUT2D eigenvalue weighted by Gasteiger charge is 2.11. The van der Waals surface area contributed by atoms with Crippen molar-refractivity contribution in [2.24, 2.45) is 0 Å². The van der Waals surface area contributed by atoms with Crippen LogP contribution in [0.1, 0.15) is 11.1 Å². The Hall–Kier alpha value is -2.03. The zero-order chi connectivity index (χ0) is 16.2. The van der Waals surface area contributed by atoms with E-state index in [-0.39, 0.29) is 19.0 Å².